The van der Waals surface area contributed by atoms with Crippen molar-refractivity contribution in [2.75, 3.05) is 6.54 Å². The van der Waals surface area contributed by atoms with Crippen molar-refractivity contribution in [1.29, 1.82) is 0 Å². The standard InChI is InChI=1S/C11H11F2NO4/c12-11(13)18-8-3-1-7(2-4-8)5-9(15)14-6-10(16)17/h1-4,11H,5-6H2,(H,14,15)(H,16,17). The Balaban J connectivity index is 2.48. The zero-order valence-corrected chi connectivity index (χ0v) is 9.23. The molecule has 0 bridgehead atoms. The SMILES string of the molecule is O=C(O)CNC(=O)Cc1ccc(OC(F)F)cc1. The van der Waals surface area contributed by atoms with Gasteiger partial charge in [-0.15, -0.1) is 0 Å². The number of alkyl halides is 2. The number of carboxylic acids is 1. The van der Waals surface area contributed by atoms with Gasteiger partial charge in [0.2, 0.25) is 5.91 Å². The number of halogens is 2. The number of hydrogen-bond donors (Lipinski definition) is 2. The molecule has 0 aliphatic carbocycles. The third kappa shape index (κ3) is 5.24. The molecule has 0 aliphatic rings. The summed E-state index contributed by atoms with van der Waals surface area (Å²) in [5, 5.41) is 10.5. The van der Waals surface area contributed by atoms with E-state index >= 15 is 0 Å². The number of carbonyl (C=O) groups is 2. The Bertz CT molecular complexity index is 420. The molecule has 0 unspecified atom stereocenters. The molecule has 0 heterocycles. The lowest BCUT2D eigenvalue weighted by atomic mass is 10.1. The van der Waals surface area contributed by atoms with Crippen LogP contribution in [0.1, 0.15) is 5.56 Å². The van der Waals surface area contributed by atoms with Gasteiger partial charge in [0.1, 0.15) is 12.3 Å². The lowest BCUT2D eigenvalue weighted by Gasteiger charge is -2.06. The van der Waals surface area contributed by atoms with Gasteiger partial charge in [-0.25, -0.2) is 0 Å². The minimum Gasteiger partial charge on any atom is -0.480 e. The maximum Gasteiger partial charge on any atom is 0.387 e. The van der Waals surface area contributed by atoms with Crippen molar-refractivity contribution in [2.24, 2.45) is 0 Å². The fourth-order valence-electron chi connectivity index (χ4n) is 1.21. The first kappa shape index (κ1) is 13.9. The lowest BCUT2D eigenvalue weighted by molar-refractivity contribution is -0.137. The molecule has 7 heteroatoms. The van der Waals surface area contributed by atoms with Crippen molar-refractivity contribution in [3.8, 4) is 5.75 Å². The van der Waals surface area contributed by atoms with E-state index in [9.17, 15) is 18.4 Å². The Morgan fingerprint density at radius 3 is 2.39 bits per heavy atom. The smallest absolute Gasteiger partial charge is 0.387 e. The van der Waals surface area contributed by atoms with Crippen LogP contribution in [0, 0.1) is 0 Å². The molecule has 1 amide bonds. The van der Waals surface area contributed by atoms with Gasteiger partial charge in [-0.05, 0) is 17.7 Å². The van der Waals surface area contributed by atoms with E-state index in [1.165, 1.54) is 24.3 Å². The highest BCUT2D eigenvalue weighted by Crippen LogP contribution is 2.15. The Labute approximate surface area is 101 Å². The van der Waals surface area contributed by atoms with Crippen molar-refractivity contribution < 1.29 is 28.2 Å². The van der Waals surface area contributed by atoms with E-state index < -0.39 is 25.0 Å². The molecule has 0 aromatic heterocycles. The maximum absolute atomic E-state index is 11.9. The van der Waals surface area contributed by atoms with Gasteiger partial charge in [-0.3, -0.25) is 9.59 Å². The van der Waals surface area contributed by atoms with Gasteiger partial charge in [0, 0.05) is 0 Å². The maximum atomic E-state index is 11.9. The molecule has 0 saturated carbocycles. The largest absolute Gasteiger partial charge is 0.480 e. The monoisotopic (exact) mass is 259 g/mol. The summed E-state index contributed by atoms with van der Waals surface area (Å²) in [6, 6.07) is 5.54. The molecule has 0 aliphatic heterocycles. The molecule has 98 valence electrons. The zero-order chi connectivity index (χ0) is 13.5. The van der Waals surface area contributed by atoms with Gasteiger partial charge in [-0.1, -0.05) is 12.1 Å². The van der Waals surface area contributed by atoms with Crippen molar-refractivity contribution in [2.45, 2.75) is 13.0 Å². The highest BCUT2D eigenvalue weighted by Gasteiger charge is 2.07. The van der Waals surface area contributed by atoms with E-state index in [2.05, 4.69) is 10.1 Å². The average Bonchev–Trinajstić information content (AvgIpc) is 2.28. The van der Waals surface area contributed by atoms with Crippen LogP contribution >= 0.6 is 0 Å². The summed E-state index contributed by atoms with van der Waals surface area (Å²) in [5.74, 6) is -1.59. The van der Waals surface area contributed by atoms with Crippen LogP contribution in [-0.2, 0) is 16.0 Å². The van der Waals surface area contributed by atoms with Crippen molar-refractivity contribution >= 4 is 11.9 Å². The number of carbonyl (C=O) groups excluding carboxylic acids is 1. The summed E-state index contributed by atoms with van der Waals surface area (Å²) in [6.45, 7) is -3.35. The lowest BCUT2D eigenvalue weighted by Crippen LogP contribution is -2.30. The molecule has 0 saturated heterocycles. The van der Waals surface area contributed by atoms with Crippen LogP contribution in [0.4, 0.5) is 8.78 Å². The van der Waals surface area contributed by atoms with Crippen molar-refractivity contribution in [3.05, 3.63) is 29.8 Å². The average molecular weight is 259 g/mol. The number of rotatable bonds is 6. The molecule has 1 rings (SSSR count). The fourth-order valence-corrected chi connectivity index (χ4v) is 1.21. The Morgan fingerprint density at radius 1 is 1.28 bits per heavy atom. The van der Waals surface area contributed by atoms with Crippen LogP contribution < -0.4 is 10.1 Å². The molecular formula is C11H11F2NO4. The van der Waals surface area contributed by atoms with Gasteiger partial charge in [0.05, 0.1) is 6.42 Å². The number of hydrogen-bond acceptors (Lipinski definition) is 3. The minimum atomic E-state index is -2.89. The van der Waals surface area contributed by atoms with Gasteiger partial charge in [-0.2, -0.15) is 8.78 Å². The molecule has 2 N–H and O–H groups in total. The molecule has 0 fully saturated rings. The van der Waals surface area contributed by atoms with E-state index in [0.717, 1.165) is 0 Å². The predicted octanol–water partition coefficient (Wildman–Crippen LogP) is 1.03. The number of nitrogens with one attached hydrogen (secondary N) is 1. The van der Waals surface area contributed by atoms with Crippen LogP contribution in [0.5, 0.6) is 5.75 Å². The van der Waals surface area contributed by atoms with Crippen LogP contribution in [0.2, 0.25) is 0 Å². The molecule has 1 aromatic carbocycles. The number of carboxylic acid groups (broad SMARTS) is 1. The molecule has 1 aromatic rings. The molecule has 5 nitrogen and oxygen atoms in total. The first-order chi connectivity index (χ1) is 8.47. The second kappa shape index (κ2) is 6.53. The Kier molecular flexibility index (Phi) is 5.04. The minimum absolute atomic E-state index is 0.000283. The normalized spacial score (nSPS) is 10.2. The predicted molar refractivity (Wildman–Crippen MR) is 57.4 cm³/mol. The molecular weight excluding hydrogens is 248 g/mol. The topological polar surface area (TPSA) is 75.6 Å². The van der Waals surface area contributed by atoms with E-state index in [0.29, 0.717) is 5.56 Å². The molecule has 0 spiro atoms. The van der Waals surface area contributed by atoms with Crippen LogP contribution in [0.25, 0.3) is 0 Å². The Hall–Kier alpha value is -2.18. The second-order valence-corrected chi connectivity index (χ2v) is 3.37. The third-order valence-corrected chi connectivity index (χ3v) is 1.95. The summed E-state index contributed by atoms with van der Waals surface area (Å²) < 4.78 is 27.9. The quantitative estimate of drug-likeness (QED) is 0.800. The number of ether oxygens (including phenoxy) is 1. The van der Waals surface area contributed by atoms with E-state index in [1.807, 2.05) is 0 Å². The summed E-state index contributed by atoms with van der Waals surface area (Å²) in [4.78, 5) is 21.5. The van der Waals surface area contributed by atoms with Gasteiger partial charge in [0.25, 0.3) is 0 Å². The first-order valence-corrected chi connectivity index (χ1v) is 4.99. The van der Waals surface area contributed by atoms with Gasteiger partial charge >= 0.3 is 12.6 Å². The highest BCUT2D eigenvalue weighted by molar-refractivity contribution is 5.82. The van der Waals surface area contributed by atoms with Gasteiger partial charge in [0.15, 0.2) is 0 Å². The van der Waals surface area contributed by atoms with Crippen LogP contribution in [-0.4, -0.2) is 30.1 Å². The number of benzene rings is 1. The summed E-state index contributed by atoms with van der Waals surface area (Å²) >= 11 is 0. The van der Waals surface area contributed by atoms with E-state index in [1.54, 1.807) is 0 Å². The molecule has 18 heavy (non-hydrogen) atoms. The van der Waals surface area contributed by atoms with Crippen molar-refractivity contribution in [1.82, 2.24) is 5.32 Å². The second-order valence-electron chi connectivity index (χ2n) is 3.37. The van der Waals surface area contributed by atoms with Crippen molar-refractivity contribution in [3.63, 3.8) is 0 Å². The highest BCUT2D eigenvalue weighted by atomic mass is 19.3. The molecule has 0 atom stereocenters. The van der Waals surface area contributed by atoms with Crippen LogP contribution in [0.3, 0.4) is 0 Å². The molecule has 0 radical (unpaired) electrons. The zero-order valence-electron chi connectivity index (χ0n) is 9.23. The summed E-state index contributed by atoms with van der Waals surface area (Å²) in [5.41, 5.74) is 0.569. The number of amides is 1. The van der Waals surface area contributed by atoms with Gasteiger partial charge < -0.3 is 15.2 Å². The summed E-state index contributed by atoms with van der Waals surface area (Å²) in [6.07, 6.45) is -0.0256. The third-order valence-electron chi connectivity index (χ3n) is 1.95. The first-order valence-electron chi connectivity index (χ1n) is 4.99. The Morgan fingerprint density at radius 2 is 1.89 bits per heavy atom. The number of aliphatic carboxylic acids is 1. The summed E-state index contributed by atoms with van der Waals surface area (Å²) in [7, 11) is 0. The van der Waals surface area contributed by atoms with Crippen LogP contribution in [0.15, 0.2) is 24.3 Å². The van der Waals surface area contributed by atoms with E-state index in [-0.39, 0.29) is 12.2 Å². The fraction of sp³-hybridized carbons (Fsp3) is 0.273. The van der Waals surface area contributed by atoms with E-state index in [4.69, 9.17) is 5.11 Å².